The lowest BCUT2D eigenvalue weighted by molar-refractivity contribution is 0.227. The van der Waals surface area contributed by atoms with Crippen LogP contribution in [0.25, 0.3) is 0 Å². The fraction of sp³-hybridized carbons (Fsp3) is 0.667. The monoisotopic (exact) mass is 351 g/mol. The number of halogens is 1. The van der Waals surface area contributed by atoms with Crippen molar-refractivity contribution in [3.63, 3.8) is 0 Å². The number of sulfonamides is 1. The Labute approximate surface area is 121 Å². The minimum absolute atomic E-state index is 0.0691. The van der Waals surface area contributed by atoms with E-state index in [1.807, 2.05) is 0 Å². The Hall–Kier alpha value is 0.0900. The second kappa shape index (κ2) is 5.61. The Morgan fingerprint density at radius 2 is 2.06 bits per heavy atom. The SMILES string of the molecule is C[C@@H]1[C@H](C)CCC[C@H]1NS(=O)(=O)c1ccc(Br)s1. The number of rotatable bonds is 3. The summed E-state index contributed by atoms with van der Waals surface area (Å²) in [6.07, 6.45) is 3.24. The average Bonchev–Trinajstić information content (AvgIpc) is 2.72. The van der Waals surface area contributed by atoms with Crippen molar-refractivity contribution >= 4 is 37.3 Å². The van der Waals surface area contributed by atoms with E-state index in [-0.39, 0.29) is 6.04 Å². The molecule has 1 fully saturated rings. The van der Waals surface area contributed by atoms with E-state index in [0.717, 1.165) is 16.6 Å². The first-order chi connectivity index (χ1) is 8.40. The number of hydrogen-bond acceptors (Lipinski definition) is 3. The maximum atomic E-state index is 12.2. The lowest BCUT2D eigenvalue weighted by Crippen LogP contribution is -2.43. The van der Waals surface area contributed by atoms with Gasteiger partial charge in [0.1, 0.15) is 4.21 Å². The van der Waals surface area contributed by atoms with Crippen molar-refractivity contribution in [3.8, 4) is 0 Å². The van der Waals surface area contributed by atoms with Gasteiger partial charge in [0, 0.05) is 6.04 Å². The van der Waals surface area contributed by atoms with E-state index in [0.29, 0.717) is 16.0 Å². The number of nitrogens with one attached hydrogen (secondary N) is 1. The molecule has 1 saturated carbocycles. The fourth-order valence-corrected chi connectivity index (χ4v) is 5.84. The Morgan fingerprint density at radius 1 is 1.33 bits per heavy atom. The van der Waals surface area contributed by atoms with Gasteiger partial charge < -0.3 is 0 Å². The molecule has 3 nitrogen and oxygen atoms in total. The van der Waals surface area contributed by atoms with Crippen molar-refractivity contribution in [2.45, 2.75) is 43.4 Å². The average molecular weight is 352 g/mol. The van der Waals surface area contributed by atoms with Crippen molar-refractivity contribution in [2.75, 3.05) is 0 Å². The third kappa shape index (κ3) is 3.15. The minimum atomic E-state index is -3.36. The van der Waals surface area contributed by atoms with Crippen molar-refractivity contribution in [3.05, 3.63) is 15.9 Å². The van der Waals surface area contributed by atoms with Crippen molar-refractivity contribution in [1.29, 1.82) is 0 Å². The number of thiophene rings is 1. The molecule has 18 heavy (non-hydrogen) atoms. The van der Waals surface area contributed by atoms with Gasteiger partial charge in [-0.1, -0.05) is 26.7 Å². The van der Waals surface area contributed by atoms with Crippen LogP contribution >= 0.6 is 27.3 Å². The van der Waals surface area contributed by atoms with E-state index in [2.05, 4.69) is 34.5 Å². The van der Waals surface area contributed by atoms with Gasteiger partial charge in [0.25, 0.3) is 0 Å². The van der Waals surface area contributed by atoms with Crippen LogP contribution in [0.4, 0.5) is 0 Å². The molecule has 0 aliphatic heterocycles. The molecule has 1 aliphatic rings. The Morgan fingerprint density at radius 3 is 2.67 bits per heavy atom. The molecule has 0 bridgehead atoms. The normalized spacial score (nSPS) is 29.4. The molecule has 1 aromatic heterocycles. The van der Waals surface area contributed by atoms with Crippen LogP contribution in [0.15, 0.2) is 20.1 Å². The molecule has 0 amide bonds. The summed E-state index contributed by atoms with van der Waals surface area (Å²) in [4.78, 5) is 0. The summed E-state index contributed by atoms with van der Waals surface area (Å²) in [5.41, 5.74) is 0. The van der Waals surface area contributed by atoms with Crippen molar-refractivity contribution < 1.29 is 8.42 Å². The van der Waals surface area contributed by atoms with E-state index in [1.54, 1.807) is 12.1 Å². The van der Waals surface area contributed by atoms with E-state index in [4.69, 9.17) is 0 Å². The van der Waals surface area contributed by atoms with Crippen LogP contribution in [-0.4, -0.2) is 14.5 Å². The summed E-state index contributed by atoms with van der Waals surface area (Å²) >= 11 is 4.55. The van der Waals surface area contributed by atoms with Gasteiger partial charge in [0.2, 0.25) is 10.0 Å². The molecular weight excluding hydrogens is 334 g/mol. The zero-order valence-electron chi connectivity index (χ0n) is 10.5. The summed E-state index contributed by atoms with van der Waals surface area (Å²) in [7, 11) is -3.36. The van der Waals surface area contributed by atoms with Gasteiger partial charge in [-0.3, -0.25) is 0 Å². The van der Waals surface area contributed by atoms with E-state index in [9.17, 15) is 8.42 Å². The van der Waals surface area contributed by atoms with Gasteiger partial charge in [-0.2, -0.15) is 0 Å². The van der Waals surface area contributed by atoms with Crippen LogP contribution in [0, 0.1) is 11.8 Å². The second-order valence-electron chi connectivity index (χ2n) is 5.05. The molecule has 102 valence electrons. The van der Waals surface area contributed by atoms with E-state index >= 15 is 0 Å². The van der Waals surface area contributed by atoms with Crippen LogP contribution in [0.2, 0.25) is 0 Å². The molecule has 0 spiro atoms. The highest BCUT2D eigenvalue weighted by Gasteiger charge is 2.31. The lowest BCUT2D eigenvalue weighted by atomic mass is 9.78. The third-order valence-corrected chi connectivity index (χ3v) is 7.43. The highest BCUT2D eigenvalue weighted by atomic mass is 79.9. The van der Waals surface area contributed by atoms with Gasteiger partial charge in [0.15, 0.2) is 0 Å². The molecule has 1 heterocycles. The molecule has 0 aromatic carbocycles. The predicted molar refractivity (Wildman–Crippen MR) is 78.3 cm³/mol. The summed E-state index contributed by atoms with van der Waals surface area (Å²) < 4.78 is 28.6. The Kier molecular flexibility index (Phi) is 4.52. The Bertz CT molecular complexity index is 512. The van der Waals surface area contributed by atoms with Gasteiger partial charge >= 0.3 is 0 Å². The first-order valence-corrected chi connectivity index (χ1v) is 9.27. The molecule has 6 heteroatoms. The summed E-state index contributed by atoms with van der Waals surface area (Å²) in [6.45, 7) is 4.34. The maximum Gasteiger partial charge on any atom is 0.250 e. The van der Waals surface area contributed by atoms with E-state index < -0.39 is 10.0 Å². The minimum Gasteiger partial charge on any atom is -0.207 e. The first kappa shape index (κ1) is 14.5. The summed E-state index contributed by atoms with van der Waals surface area (Å²) in [5.74, 6) is 0.985. The summed E-state index contributed by atoms with van der Waals surface area (Å²) in [6, 6.07) is 3.49. The Balaban J connectivity index is 2.13. The quantitative estimate of drug-likeness (QED) is 0.903. The highest BCUT2D eigenvalue weighted by molar-refractivity contribution is 9.11. The number of hydrogen-bond donors (Lipinski definition) is 1. The lowest BCUT2D eigenvalue weighted by Gasteiger charge is -2.34. The molecule has 3 atom stereocenters. The van der Waals surface area contributed by atoms with E-state index in [1.165, 1.54) is 17.8 Å². The highest BCUT2D eigenvalue weighted by Crippen LogP contribution is 2.32. The van der Waals surface area contributed by atoms with Crippen LogP contribution in [0.3, 0.4) is 0 Å². The summed E-state index contributed by atoms with van der Waals surface area (Å²) in [5, 5.41) is 0. The predicted octanol–water partition coefficient (Wildman–Crippen LogP) is 3.61. The second-order valence-corrected chi connectivity index (χ2v) is 9.46. The molecule has 0 unspecified atom stereocenters. The van der Waals surface area contributed by atoms with Gasteiger partial charge in [-0.15, -0.1) is 11.3 Å². The molecular formula is C12H18BrNO2S2. The zero-order valence-corrected chi connectivity index (χ0v) is 13.7. The van der Waals surface area contributed by atoms with Gasteiger partial charge in [-0.05, 0) is 46.3 Å². The molecule has 1 aliphatic carbocycles. The smallest absolute Gasteiger partial charge is 0.207 e. The zero-order chi connectivity index (χ0) is 13.3. The molecule has 0 saturated heterocycles. The van der Waals surface area contributed by atoms with Gasteiger partial charge in [-0.25, -0.2) is 13.1 Å². The van der Waals surface area contributed by atoms with Crippen LogP contribution in [-0.2, 0) is 10.0 Å². The molecule has 1 aromatic rings. The molecule has 1 N–H and O–H groups in total. The molecule has 2 rings (SSSR count). The maximum absolute atomic E-state index is 12.2. The first-order valence-electron chi connectivity index (χ1n) is 6.18. The molecule has 0 radical (unpaired) electrons. The van der Waals surface area contributed by atoms with Crippen molar-refractivity contribution in [1.82, 2.24) is 4.72 Å². The third-order valence-electron chi connectivity index (χ3n) is 3.83. The topological polar surface area (TPSA) is 46.2 Å². The largest absolute Gasteiger partial charge is 0.250 e. The van der Waals surface area contributed by atoms with Crippen molar-refractivity contribution in [2.24, 2.45) is 11.8 Å². The van der Waals surface area contributed by atoms with Crippen LogP contribution in [0.1, 0.15) is 33.1 Å². The van der Waals surface area contributed by atoms with Gasteiger partial charge in [0.05, 0.1) is 3.79 Å². The fourth-order valence-electron chi connectivity index (χ4n) is 2.45. The van der Waals surface area contributed by atoms with Crippen LogP contribution < -0.4 is 4.72 Å². The van der Waals surface area contributed by atoms with Crippen LogP contribution in [0.5, 0.6) is 0 Å². The standard InChI is InChI=1S/C12H18BrNO2S2/c1-8-4-3-5-10(9(8)2)14-18(15,16)12-7-6-11(13)17-12/h6-10,14H,3-5H2,1-2H3/t8-,9-,10-/m1/s1.